The summed E-state index contributed by atoms with van der Waals surface area (Å²) in [4.78, 5) is 33.9. The zero-order valence-electron chi connectivity index (χ0n) is 18.4. The van der Waals surface area contributed by atoms with Crippen molar-refractivity contribution in [3.63, 3.8) is 0 Å². The molecule has 1 aromatic carbocycles. The summed E-state index contributed by atoms with van der Waals surface area (Å²) in [6.07, 6.45) is 0.172. The first kappa shape index (κ1) is 24.1. The topological polar surface area (TPSA) is 65.5 Å². The average Bonchev–Trinajstić information content (AvgIpc) is 3.47. The molecule has 3 aliphatic heterocycles. The van der Waals surface area contributed by atoms with Crippen molar-refractivity contribution in [3.05, 3.63) is 64.8 Å². The highest BCUT2D eigenvalue weighted by Gasteiger charge is 2.62. The van der Waals surface area contributed by atoms with Gasteiger partial charge in [0.15, 0.2) is 0 Å². The molecule has 0 saturated carbocycles. The van der Waals surface area contributed by atoms with Crippen LogP contribution < -0.4 is 5.32 Å². The summed E-state index contributed by atoms with van der Waals surface area (Å²) in [5.74, 6) is 0.406. The fourth-order valence-corrected chi connectivity index (χ4v) is 6.62. The van der Waals surface area contributed by atoms with Crippen molar-refractivity contribution in [1.29, 1.82) is 0 Å². The molecule has 0 unspecified atom stereocenters. The summed E-state index contributed by atoms with van der Waals surface area (Å²) in [6, 6.07) is 10.4. The number of anilines is 1. The van der Waals surface area contributed by atoms with Crippen molar-refractivity contribution in [3.8, 4) is 0 Å². The van der Waals surface area contributed by atoms with Gasteiger partial charge < -0.3 is 5.32 Å². The van der Waals surface area contributed by atoms with Crippen LogP contribution >= 0.6 is 23.4 Å². The number of carbonyl (C=O) groups is 2. The lowest BCUT2D eigenvalue weighted by Gasteiger charge is -2.26. The smallest absolute Gasteiger partial charge is 0.367 e. The molecule has 2 aromatic rings. The molecule has 0 radical (unpaired) electrons. The van der Waals surface area contributed by atoms with Gasteiger partial charge >= 0.3 is 6.18 Å². The highest BCUT2D eigenvalue weighted by Crippen LogP contribution is 2.47. The number of amides is 2. The van der Waals surface area contributed by atoms with Crippen molar-refractivity contribution in [1.82, 2.24) is 14.8 Å². The summed E-state index contributed by atoms with van der Waals surface area (Å²) < 4.78 is 38.5. The first-order chi connectivity index (χ1) is 16.8. The van der Waals surface area contributed by atoms with Gasteiger partial charge in [0.25, 0.3) is 0 Å². The maximum atomic E-state index is 13.4. The van der Waals surface area contributed by atoms with Crippen LogP contribution in [0.4, 0.5) is 19.0 Å². The number of pyridine rings is 1. The molecule has 3 fully saturated rings. The molecular weight excluding hydrogens is 501 g/mol. The second kappa shape index (κ2) is 9.48. The number of halogens is 4. The number of aromatic nitrogens is 1. The Morgan fingerprint density at radius 3 is 2.63 bits per heavy atom. The number of nitrogens with one attached hydrogen (secondary N) is 1. The Morgan fingerprint density at radius 1 is 1.17 bits per heavy atom. The van der Waals surface area contributed by atoms with Crippen LogP contribution in [0.25, 0.3) is 6.08 Å². The second-order valence-electron chi connectivity index (χ2n) is 8.70. The summed E-state index contributed by atoms with van der Waals surface area (Å²) in [5, 5.41) is 2.66. The summed E-state index contributed by atoms with van der Waals surface area (Å²) in [6.45, 7) is 0.210. The third kappa shape index (κ3) is 4.54. The molecule has 184 valence electrons. The Kier molecular flexibility index (Phi) is 6.54. The quantitative estimate of drug-likeness (QED) is 0.573. The van der Waals surface area contributed by atoms with Crippen molar-refractivity contribution >= 4 is 47.1 Å². The van der Waals surface area contributed by atoms with Crippen LogP contribution in [0, 0.1) is 11.8 Å². The van der Waals surface area contributed by atoms with Crippen LogP contribution in [-0.2, 0) is 15.8 Å². The number of fused-ring (bicyclic) bond motifs is 3. The van der Waals surface area contributed by atoms with E-state index < -0.39 is 23.6 Å². The van der Waals surface area contributed by atoms with Crippen LogP contribution in [0.1, 0.15) is 11.1 Å². The van der Waals surface area contributed by atoms with Gasteiger partial charge in [-0.05, 0) is 11.6 Å². The van der Waals surface area contributed by atoms with Crippen molar-refractivity contribution in [2.24, 2.45) is 11.8 Å². The van der Waals surface area contributed by atoms with Crippen molar-refractivity contribution in [2.45, 2.75) is 18.3 Å². The van der Waals surface area contributed by atoms with E-state index in [1.807, 2.05) is 42.5 Å². The van der Waals surface area contributed by atoms with Gasteiger partial charge in [-0.1, -0.05) is 54.1 Å². The number of rotatable bonds is 6. The van der Waals surface area contributed by atoms with E-state index in [4.69, 9.17) is 11.6 Å². The molecule has 0 spiro atoms. The standard InChI is InChI=1S/C24H22ClF3N4O2S/c25-16-10-15(24(26,27)28)11-30-21(16)29-8-9-31-22(33)19-17(7-6-14-4-2-1-3-5-14)32-13-35-12-18(32)20(19)23(31)34/h1-7,10-11,17-20H,8-9,12-13H2,(H,29,30)/b7-6+/t17-,18+,19-,20+/m0/s1. The largest absolute Gasteiger partial charge is 0.417 e. The normalized spacial score (nSPS) is 26.6. The lowest BCUT2D eigenvalue weighted by atomic mass is 9.89. The molecule has 0 bridgehead atoms. The van der Waals surface area contributed by atoms with Gasteiger partial charge in [0.1, 0.15) is 5.82 Å². The van der Waals surface area contributed by atoms with Crippen LogP contribution in [0.3, 0.4) is 0 Å². The van der Waals surface area contributed by atoms with E-state index in [9.17, 15) is 22.8 Å². The minimum Gasteiger partial charge on any atom is -0.367 e. The van der Waals surface area contributed by atoms with Crippen molar-refractivity contribution in [2.75, 3.05) is 30.0 Å². The number of nitrogens with zero attached hydrogens (tertiary/aromatic N) is 3. The predicted molar refractivity (Wildman–Crippen MR) is 129 cm³/mol. The minimum atomic E-state index is -4.54. The zero-order valence-corrected chi connectivity index (χ0v) is 20.0. The lowest BCUT2D eigenvalue weighted by Crippen LogP contribution is -2.43. The first-order valence-electron chi connectivity index (χ1n) is 11.1. The lowest BCUT2D eigenvalue weighted by molar-refractivity contribution is -0.141. The molecule has 1 N–H and O–H groups in total. The number of thioether (sulfide) groups is 1. The Bertz CT molecular complexity index is 1160. The summed E-state index contributed by atoms with van der Waals surface area (Å²) in [5.41, 5.74) is 0.0810. The van der Waals surface area contributed by atoms with Crippen molar-refractivity contribution < 1.29 is 22.8 Å². The van der Waals surface area contributed by atoms with Gasteiger partial charge in [-0.25, -0.2) is 4.98 Å². The number of benzene rings is 1. The van der Waals surface area contributed by atoms with E-state index in [0.29, 0.717) is 6.20 Å². The summed E-state index contributed by atoms with van der Waals surface area (Å²) in [7, 11) is 0. The van der Waals surface area contributed by atoms with E-state index in [1.165, 1.54) is 4.90 Å². The molecule has 6 nitrogen and oxygen atoms in total. The highest BCUT2D eigenvalue weighted by atomic mass is 35.5. The van der Waals surface area contributed by atoms with Gasteiger partial charge in [-0.3, -0.25) is 19.4 Å². The molecule has 1 aromatic heterocycles. The van der Waals surface area contributed by atoms with Gasteiger partial charge in [-0.2, -0.15) is 13.2 Å². The highest BCUT2D eigenvalue weighted by molar-refractivity contribution is 7.99. The third-order valence-corrected chi connectivity index (χ3v) is 8.04. The van der Waals surface area contributed by atoms with E-state index in [2.05, 4.69) is 15.2 Å². The molecule has 0 aliphatic carbocycles. The Balaban J connectivity index is 1.28. The van der Waals surface area contributed by atoms with Crippen LogP contribution in [-0.4, -0.2) is 63.4 Å². The number of alkyl halides is 3. The van der Waals surface area contributed by atoms with E-state index in [-0.39, 0.29) is 47.8 Å². The van der Waals surface area contributed by atoms with Crippen LogP contribution in [0.15, 0.2) is 48.7 Å². The Morgan fingerprint density at radius 2 is 1.91 bits per heavy atom. The first-order valence-corrected chi connectivity index (χ1v) is 12.7. The monoisotopic (exact) mass is 522 g/mol. The Hall–Kier alpha value is -2.56. The van der Waals surface area contributed by atoms with Gasteiger partial charge in [0.2, 0.25) is 11.8 Å². The molecule has 35 heavy (non-hydrogen) atoms. The molecule has 4 heterocycles. The third-order valence-electron chi connectivity index (χ3n) is 6.69. The average molecular weight is 523 g/mol. The molecule has 3 aliphatic rings. The minimum absolute atomic E-state index is 0.0101. The fraction of sp³-hybridized carbons (Fsp3) is 0.375. The number of likely N-dealkylation sites (tertiary alicyclic amines) is 1. The molecule has 2 amide bonds. The fourth-order valence-electron chi connectivity index (χ4n) is 5.07. The maximum absolute atomic E-state index is 13.4. The van der Waals surface area contributed by atoms with E-state index >= 15 is 0 Å². The number of hydrogen-bond donors (Lipinski definition) is 1. The van der Waals surface area contributed by atoms with Gasteiger partial charge in [0.05, 0.1) is 22.4 Å². The molecule has 3 saturated heterocycles. The Labute approximate surface area is 209 Å². The zero-order chi connectivity index (χ0) is 24.7. The molecule has 11 heteroatoms. The van der Waals surface area contributed by atoms with Gasteiger partial charge in [0, 0.05) is 43.0 Å². The SMILES string of the molecule is O=C1[C@@H]2[C@H](C(=O)N1CCNc1ncc(C(F)(F)F)cc1Cl)[C@H]1CSCN1[C@H]2/C=C/c1ccccc1. The predicted octanol–water partition coefficient (Wildman–Crippen LogP) is 4.24. The molecule has 5 rings (SSSR count). The number of imide groups is 1. The maximum Gasteiger partial charge on any atom is 0.417 e. The van der Waals surface area contributed by atoms with Gasteiger partial charge in [-0.15, -0.1) is 11.8 Å². The van der Waals surface area contributed by atoms with Crippen LogP contribution in [0.2, 0.25) is 5.02 Å². The summed E-state index contributed by atoms with van der Waals surface area (Å²) >= 11 is 7.70. The van der Waals surface area contributed by atoms with E-state index in [0.717, 1.165) is 23.3 Å². The van der Waals surface area contributed by atoms with E-state index in [1.54, 1.807) is 11.8 Å². The number of hydrogen-bond acceptors (Lipinski definition) is 6. The number of carbonyl (C=O) groups excluding carboxylic acids is 2. The van der Waals surface area contributed by atoms with Crippen LogP contribution in [0.5, 0.6) is 0 Å². The second-order valence-corrected chi connectivity index (χ2v) is 10.1. The molecule has 4 atom stereocenters. The molecular formula is C24H22ClF3N4O2S.